The number of rotatable bonds is 11. The van der Waals surface area contributed by atoms with Crippen LogP contribution in [0, 0.1) is 10.1 Å². The fourth-order valence-electron chi connectivity index (χ4n) is 4.73. The van der Waals surface area contributed by atoms with Crippen molar-refractivity contribution in [3.8, 4) is 17.2 Å². The van der Waals surface area contributed by atoms with Crippen LogP contribution >= 0.6 is 11.3 Å². The van der Waals surface area contributed by atoms with E-state index in [0.29, 0.717) is 50.9 Å². The van der Waals surface area contributed by atoms with Gasteiger partial charge in [-0.15, -0.1) is 0 Å². The van der Waals surface area contributed by atoms with Crippen LogP contribution in [-0.4, -0.2) is 35.8 Å². The molecule has 11 nitrogen and oxygen atoms in total. The summed E-state index contributed by atoms with van der Waals surface area (Å²) in [4.78, 5) is 42.0. The van der Waals surface area contributed by atoms with Gasteiger partial charge in [-0.3, -0.25) is 19.5 Å². The number of aromatic nitrogens is 1. The summed E-state index contributed by atoms with van der Waals surface area (Å²) in [6.07, 6.45) is 3.19. The van der Waals surface area contributed by atoms with Gasteiger partial charge in [-0.25, -0.2) is 9.79 Å². The second-order valence-electron chi connectivity index (χ2n) is 9.53. The van der Waals surface area contributed by atoms with E-state index in [2.05, 4.69) is 4.99 Å². The van der Waals surface area contributed by atoms with Gasteiger partial charge in [-0.05, 0) is 60.9 Å². The van der Waals surface area contributed by atoms with Gasteiger partial charge < -0.3 is 18.9 Å². The van der Waals surface area contributed by atoms with E-state index in [1.807, 2.05) is 13.8 Å². The Hall–Kier alpha value is -5.23. The maximum Gasteiger partial charge on any atom is 0.337 e. The fourth-order valence-corrected chi connectivity index (χ4v) is 5.69. The Morgan fingerprint density at radius 1 is 1.02 bits per heavy atom. The molecule has 44 heavy (non-hydrogen) atoms. The number of carbonyl (C=O) groups is 1. The van der Waals surface area contributed by atoms with Gasteiger partial charge >= 0.3 is 5.97 Å². The molecule has 0 saturated carbocycles. The fraction of sp³-hybridized carbons (Fsp3) is 0.219. The number of nitrogens with zero attached hydrogens (tertiary/aromatic N) is 3. The number of nitro groups is 1. The van der Waals surface area contributed by atoms with Crippen molar-refractivity contribution in [2.75, 3.05) is 20.3 Å². The van der Waals surface area contributed by atoms with Gasteiger partial charge in [0.15, 0.2) is 16.3 Å². The zero-order valence-electron chi connectivity index (χ0n) is 24.2. The Morgan fingerprint density at radius 3 is 2.48 bits per heavy atom. The molecule has 0 fully saturated rings. The van der Waals surface area contributed by atoms with Crippen LogP contribution in [0.3, 0.4) is 0 Å². The summed E-state index contributed by atoms with van der Waals surface area (Å²) in [7, 11) is 1.28. The molecule has 0 spiro atoms. The summed E-state index contributed by atoms with van der Waals surface area (Å²) in [5.41, 5.74) is 1.96. The van der Waals surface area contributed by atoms with E-state index in [1.165, 1.54) is 41.3 Å². The average Bonchev–Trinajstić information content (AvgIpc) is 3.35. The number of ether oxygens (including phenoxy) is 4. The van der Waals surface area contributed by atoms with E-state index in [-0.39, 0.29) is 23.4 Å². The summed E-state index contributed by atoms with van der Waals surface area (Å²) in [6, 6.07) is 17.9. The van der Waals surface area contributed by atoms with Crippen LogP contribution in [0.2, 0.25) is 0 Å². The SMILES string of the molecule is CCOc1ccc([C@H]2C(C(=O)OC)=CN=c3s/c(=C\c4ccc(OCc5cccc([N+](=O)[O-])c5)cc4)c(=O)n32)cc1OCC. The molecule has 4 aromatic rings. The largest absolute Gasteiger partial charge is 0.490 e. The predicted octanol–water partition coefficient (Wildman–Crippen LogP) is 4.30. The lowest BCUT2D eigenvalue weighted by Crippen LogP contribution is -2.39. The van der Waals surface area contributed by atoms with E-state index in [9.17, 15) is 19.7 Å². The number of hydrogen-bond acceptors (Lipinski definition) is 10. The molecule has 1 atom stereocenters. The summed E-state index contributed by atoms with van der Waals surface area (Å²) >= 11 is 1.21. The Morgan fingerprint density at radius 2 is 1.77 bits per heavy atom. The van der Waals surface area contributed by atoms with Crippen molar-refractivity contribution in [2.45, 2.75) is 26.5 Å². The maximum atomic E-state index is 13.8. The first-order chi connectivity index (χ1) is 21.3. The first-order valence-corrected chi connectivity index (χ1v) is 14.6. The number of fused-ring (bicyclic) bond motifs is 1. The Balaban J connectivity index is 1.46. The van der Waals surface area contributed by atoms with E-state index in [4.69, 9.17) is 18.9 Å². The Bertz CT molecular complexity index is 1910. The third-order valence-electron chi connectivity index (χ3n) is 6.71. The number of hydrogen-bond donors (Lipinski definition) is 0. The normalized spacial score (nSPS) is 14.2. The molecule has 12 heteroatoms. The molecule has 0 saturated heterocycles. The highest BCUT2D eigenvalue weighted by atomic mass is 32.1. The molecule has 1 aliphatic heterocycles. The summed E-state index contributed by atoms with van der Waals surface area (Å²) in [5, 5.41) is 11.0. The van der Waals surface area contributed by atoms with Crippen LogP contribution in [0.4, 0.5) is 5.69 Å². The van der Waals surface area contributed by atoms with Crippen LogP contribution in [0.15, 0.2) is 88.3 Å². The molecule has 1 aromatic heterocycles. The molecule has 0 amide bonds. The quantitative estimate of drug-likeness (QED) is 0.139. The third-order valence-corrected chi connectivity index (χ3v) is 7.71. The number of non-ortho nitro benzene ring substituents is 1. The van der Waals surface area contributed by atoms with Gasteiger partial charge in [0.1, 0.15) is 12.4 Å². The van der Waals surface area contributed by atoms with Gasteiger partial charge in [0, 0.05) is 18.3 Å². The maximum absolute atomic E-state index is 13.8. The van der Waals surface area contributed by atoms with E-state index in [1.54, 1.807) is 60.7 Å². The van der Waals surface area contributed by atoms with E-state index < -0.39 is 16.9 Å². The molecule has 0 N–H and O–H groups in total. The molecule has 3 aromatic carbocycles. The molecule has 0 unspecified atom stereocenters. The van der Waals surface area contributed by atoms with Gasteiger partial charge in [-0.2, -0.15) is 0 Å². The molecule has 226 valence electrons. The zero-order valence-corrected chi connectivity index (χ0v) is 25.0. The van der Waals surface area contributed by atoms with Crippen molar-refractivity contribution in [1.82, 2.24) is 4.57 Å². The predicted molar refractivity (Wildman–Crippen MR) is 164 cm³/mol. The topological polar surface area (TPSA) is 131 Å². The smallest absolute Gasteiger partial charge is 0.337 e. The lowest BCUT2D eigenvalue weighted by atomic mass is 9.97. The molecule has 0 radical (unpaired) electrons. The standard InChI is InChI=1S/C32H29N3O8S/c1-4-41-26-14-11-22(17-27(26)42-5-2)29-25(31(37)40-3)18-33-32-34(29)30(36)28(44-32)16-20-9-12-24(13-10-20)43-19-21-7-6-8-23(15-21)35(38)39/h6-18,29H,4-5,19H2,1-3H3/b28-16-/t29-/m0/s1. The second-order valence-corrected chi connectivity index (χ2v) is 10.5. The molecule has 2 heterocycles. The highest BCUT2D eigenvalue weighted by molar-refractivity contribution is 7.07. The average molecular weight is 616 g/mol. The van der Waals surface area contributed by atoms with Crippen LogP contribution in [0.1, 0.15) is 36.6 Å². The highest BCUT2D eigenvalue weighted by Gasteiger charge is 2.31. The first kappa shape index (κ1) is 30.2. The monoisotopic (exact) mass is 615 g/mol. The molecule has 0 aliphatic carbocycles. The van der Waals surface area contributed by atoms with Gasteiger partial charge in [0.2, 0.25) is 0 Å². The number of nitro benzene ring substituents is 1. The van der Waals surface area contributed by atoms with Gasteiger partial charge in [0.25, 0.3) is 11.2 Å². The minimum absolute atomic E-state index is 0.00104. The molecule has 0 bridgehead atoms. The summed E-state index contributed by atoms with van der Waals surface area (Å²) in [6.45, 7) is 4.76. The first-order valence-electron chi connectivity index (χ1n) is 13.8. The van der Waals surface area contributed by atoms with Crippen molar-refractivity contribution >= 4 is 29.1 Å². The van der Waals surface area contributed by atoms with E-state index >= 15 is 0 Å². The number of esters is 1. The minimum atomic E-state index is -0.791. The summed E-state index contributed by atoms with van der Waals surface area (Å²) < 4.78 is 24.2. The minimum Gasteiger partial charge on any atom is -0.490 e. The van der Waals surface area contributed by atoms with E-state index in [0.717, 1.165) is 5.56 Å². The lowest BCUT2D eigenvalue weighted by molar-refractivity contribution is -0.384. The van der Waals surface area contributed by atoms with Crippen LogP contribution in [0.25, 0.3) is 6.08 Å². The van der Waals surface area contributed by atoms with Crippen LogP contribution < -0.4 is 29.1 Å². The van der Waals surface area contributed by atoms with Gasteiger partial charge in [0.05, 0.1) is 41.4 Å². The number of benzene rings is 3. The van der Waals surface area contributed by atoms with Crippen molar-refractivity contribution in [2.24, 2.45) is 4.99 Å². The third kappa shape index (κ3) is 6.40. The number of carbonyl (C=O) groups excluding carboxylic acids is 1. The molecular weight excluding hydrogens is 586 g/mol. The second kappa shape index (κ2) is 13.4. The highest BCUT2D eigenvalue weighted by Crippen LogP contribution is 2.35. The lowest BCUT2D eigenvalue weighted by Gasteiger charge is -2.23. The Labute approximate surface area is 256 Å². The van der Waals surface area contributed by atoms with Crippen molar-refractivity contribution in [1.29, 1.82) is 0 Å². The van der Waals surface area contributed by atoms with Gasteiger partial charge in [-0.1, -0.05) is 41.7 Å². The van der Waals surface area contributed by atoms with Crippen molar-refractivity contribution in [3.63, 3.8) is 0 Å². The molecular formula is C32H29N3O8S. The molecule has 5 rings (SSSR count). The zero-order chi connectivity index (χ0) is 31.2. The Kier molecular flexibility index (Phi) is 9.20. The van der Waals surface area contributed by atoms with Crippen molar-refractivity contribution < 1.29 is 28.7 Å². The van der Waals surface area contributed by atoms with Crippen molar-refractivity contribution in [3.05, 3.63) is 125 Å². The van der Waals surface area contributed by atoms with Crippen LogP contribution in [0.5, 0.6) is 17.2 Å². The number of methoxy groups -OCH3 is 1. The number of thiazole rings is 1. The molecule has 1 aliphatic rings. The summed E-state index contributed by atoms with van der Waals surface area (Å²) in [5.74, 6) is 1.04. The van der Waals surface area contributed by atoms with Crippen LogP contribution in [-0.2, 0) is 16.1 Å².